The Hall–Kier alpha value is -1.94. The van der Waals surface area contributed by atoms with Crippen molar-refractivity contribution in [2.75, 3.05) is 13.2 Å². The third-order valence-electron chi connectivity index (χ3n) is 3.41. The fourth-order valence-electron chi connectivity index (χ4n) is 2.43. The molecule has 2 heterocycles. The summed E-state index contributed by atoms with van der Waals surface area (Å²) in [6.07, 6.45) is 2.75. The molecular formula is C15H17N3O. The van der Waals surface area contributed by atoms with E-state index in [-0.39, 0.29) is 0 Å². The van der Waals surface area contributed by atoms with E-state index >= 15 is 0 Å². The van der Waals surface area contributed by atoms with Crippen LogP contribution < -0.4 is 10.1 Å². The molecule has 1 atom stereocenters. The van der Waals surface area contributed by atoms with Crippen LogP contribution in [0.5, 0.6) is 5.75 Å². The van der Waals surface area contributed by atoms with Crippen molar-refractivity contribution >= 4 is 0 Å². The molecule has 1 unspecified atom stereocenters. The van der Waals surface area contributed by atoms with E-state index in [2.05, 4.69) is 27.6 Å². The van der Waals surface area contributed by atoms with Gasteiger partial charge < -0.3 is 10.1 Å². The second-order valence-corrected chi connectivity index (χ2v) is 4.72. The van der Waals surface area contributed by atoms with Crippen LogP contribution in [0.3, 0.4) is 0 Å². The first-order valence-corrected chi connectivity index (χ1v) is 6.62. The average Bonchev–Trinajstić information content (AvgIpc) is 2.49. The third kappa shape index (κ3) is 2.90. The monoisotopic (exact) mass is 255 g/mol. The number of benzene rings is 1. The highest BCUT2D eigenvalue weighted by atomic mass is 16.5. The normalized spacial score (nSPS) is 17.6. The molecule has 19 heavy (non-hydrogen) atoms. The molecule has 98 valence electrons. The van der Waals surface area contributed by atoms with Crippen LogP contribution in [0.2, 0.25) is 0 Å². The zero-order valence-corrected chi connectivity index (χ0v) is 10.7. The Kier molecular flexibility index (Phi) is 3.70. The van der Waals surface area contributed by atoms with Crippen LogP contribution in [0.25, 0.3) is 0 Å². The summed E-state index contributed by atoms with van der Waals surface area (Å²) in [5, 5.41) is 11.4. The van der Waals surface area contributed by atoms with Gasteiger partial charge in [0, 0.05) is 25.2 Å². The molecule has 0 radical (unpaired) electrons. The van der Waals surface area contributed by atoms with Crippen LogP contribution in [0.4, 0.5) is 0 Å². The summed E-state index contributed by atoms with van der Waals surface area (Å²) in [6.45, 7) is 2.50. The Labute approximate surface area is 112 Å². The summed E-state index contributed by atoms with van der Waals surface area (Å²) in [6, 6.07) is 12.2. The SMILES string of the molecule is c1cnnc(CNCC2CCOc3ccccc32)c1. The molecule has 4 nitrogen and oxygen atoms in total. The molecule has 0 aliphatic carbocycles. The van der Waals surface area contributed by atoms with Gasteiger partial charge in [0.1, 0.15) is 5.75 Å². The first-order valence-electron chi connectivity index (χ1n) is 6.62. The van der Waals surface area contributed by atoms with Crippen LogP contribution in [0.15, 0.2) is 42.6 Å². The van der Waals surface area contributed by atoms with E-state index < -0.39 is 0 Å². The molecule has 0 amide bonds. The largest absolute Gasteiger partial charge is 0.493 e. The van der Waals surface area contributed by atoms with Gasteiger partial charge in [-0.05, 0) is 30.2 Å². The zero-order chi connectivity index (χ0) is 12.9. The summed E-state index contributed by atoms with van der Waals surface area (Å²) in [5.74, 6) is 1.54. The average molecular weight is 255 g/mol. The minimum atomic E-state index is 0.515. The van der Waals surface area contributed by atoms with Crippen LogP contribution in [0.1, 0.15) is 23.6 Å². The summed E-state index contributed by atoms with van der Waals surface area (Å²) in [7, 11) is 0. The number of nitrogens with zero attached hydrogens (tertiary/aromatic N) is 2. The lowest BCUT2D eigenvalue weighted by Crippen LogP contribution is -2.26. The molecule has 1 N–H and O–H groups in total. The van der Waals surface area contributed by atoms with Gasteiger partial charge in [0.15, 0.2) is 0 Å². The van der Waals surface area contributed by atoms with Crippen LogP contribution in [-0.2, 0) is 6.54 Å². The maximum atomic E-state index is 5.67. The molecule has 0 fully saturated rings. The van der Waals surface area contributed by atoms with Crippen molar-refractivity contribution < 1.29 is 4.74 Å². The first-order chi connectivity index (χ1) is 9.43. The number of fused-ring (bicyclic) bond motifs is 1. The van der Waals surface area contributed by atoms with Gasteiger partial charge in [0.2, 0.25) is 0 Å². The van der Waals surface area contributed by atoms with Gasteiger partial charge in [-0.25, -0.2) is 0 Å². The summed E-state index contributed by atoms with van der Waals surface area (Å²) in [4.78, 5) is 0. The third-order valence-corrected chi connectivity index (χ3v) is 3.41. The molecule has 0 saturated carbocycles. The van der Waals surface area contributed by atoms with Crippen LogP contribution in [-0.4, -0.2) is 23.3 Å². The molecule has 0 saturated heterocycles. The lowest BCUT2D eigenvalue weighted by molar-refractivity contribution is 0.264. The van der Waals surface area contributed by atoms with Gasteiger partial charge in [-0.2, -0.15) is 10.2 Å². The van der Waals surface area contributed by atoms with Gasteiger partial charge in [-0.3, -0.25) is 0 Å². The summed E-state index contributed by atoms with van der Waals surface area (Å²) in [5.41, 5.74) is 2.28. The van der Waals surface area contributed by atoms with Crippen LogP contribution in [0, 0.1) is 0 Å². The maximum Gasteiger partial charge on any atom is 0.122 e. The van der Waals surface area contributed by atoms with Gasteiger partial charge in [-0.1, -0.05) is 18.2 Å². The molecule has 2 aromatic rings. The highest BCUT2D eigenvalue weighted by Crippen LogP contribution is 2.32. The Morgan fingerprint density at radius 2 is 2.16 bits per heavy atom. The molecule has 3 rings (SSSR count). The predicted molar refractivity (Wildman–Crippen MR) is 73.0 cm³/mol. The number of hydrogen-bond donors (Lipinski definition) is 1. The van der Waals surface area contributed by atoms with E-state index in [0.717, 1.165) is 37.6 Å². The van der Waals surface area contributed by atoms with Crippen LogP contribution >= 0.6 is 0 Å². The van der Waals surface area contributed by atoms with Gasteiger partial charge in [0.25, 0.3) is 0 Å². The van der Waals surface area contributed by atoms with Crippen molar-refractivity contribution in [2.24, 2.45) is 0 Å². The van der Waals surface area contributed by atoms with Gasteiger partial charge in [-0.15, -0.1) is 0 Å². The number of rotatable bonds is 4. The summed E-state index contributed by atoms with van der Waals surface area (Å²) < 4.78 is 5.67. The molecular weight excluding hydrogens is 238 g/mol. The van der Waals surface area contributed by atoms with Crippen molar-refractivity contribution in [3.8, 4) is 5.75 Å². The predicted octanol–water partition coefficient (Wildman–Crippen LogP) is 2.13. The second-order valence-electron chi connectivity index (χ2n) is 4.72. The molecule has 0 bridgehead atoms. The summed E-state index contributed by atoms with van der Waals surface area (Å²) >= 11 is 0. The molecule has 1 aliphatic heterocycles. The lowest BCUT2D eigenvalue weighted by atomic mass is 9.93. The Bertz CT molecular complexity index is 530. The minimum Gasteiger partial charge on any atom is -0.493 e. The quantitative estimate of drug-likeness (QED) is 0.909. The maximum absolute atomic E-state index is 5.67. The number of para-hydroxylation sites is 1. The standard InChI is InChI=1S/C15H17N3O/c1-2-6-15-14(5-1)12(7-9-19-15)10-16-11-13-4-3-8-17-18-13/h1-6,8,12,16H,7,9-11H2. The molecule has 1 aliphatic rings. The van der Waals surface area contributed by atoms with Gasteiger partial charge >= 0.3 is 0 Å². The topological polar surface area (TPSA) is 47.0 Å². The second kappa shape index (κ2) is 5.80. The number of ether oxygens (including phenoxy) is 1. The number of nitrogens with one attached hydrogen (secondary N) is 1. The molecule has 1 aromatic carbocycles. The lowest BCUT2D eigenvalue weighted by Gasteiger charge is -2.26. The van der Waals surface area contributed by atoms with E-state index in [1.165, 1.54) is 5.56 Å². The van der Waals surface area contributed by atoms with Crippen molar-refractivity contribution in [1.82, 2.24) is 15.5 Å². The van der Waals surface area contributed by atoms with Gasteiger partial charge in [0.05, 0.1) is 12.3 Å². The Morgan fingerprint density at radius 3 is 3.05 bits per heavy atom. The zero-order valence-electron chi connectivity index (χ0n) is 10.7. The van der Waals surface area contributed by atoms with E-state index in [9.17, 15) is 0 Å². The molecule has 4 heteroatoms. The van der Waals surface area contributed by atoms with Crippen molar-refractivity contribution in [3.05, 3.63) is 53.9 Å². The smallest absolute Gasteiger partial charge is 0.122 e. The van der Waals surface area contributed by atoms with E-state index in [1.54, 1.807) is 6.20 Å². The van der Waals surface area contributed by atoms with E-state index in [0.29, 0.717) is 5.92 Å². The highest BCUT2D eigenvalue weighted by Gasteiger charge is 2.20. The fraction of sp³-hybridized carbons (Fsp3) is 0.333. The Balaban J connectivity index is 1.59. The van der Waals surface area contributed by atoms with Crippen molar-refractivity contribution in [1.29, 1.82) is 0 Å². The van der Waals surface area contributed by atoms with Crippen molar-refractivity contribution in [3.63, 3.8) is 0 Å². The number of aromatic nitrogens is 2. The minimum absolute atomic E-state index is 0.515. The number of hydrogen-bond acceptors (Lipinski definition) is 4. The van der Waals surface area contributed by atoms with Crippen molar-refractivity contribution in [2.45, 2.75) is 18.9 Å². The molecule has 1 aromatic heterocycles. The fourth-order valence-corrected chi connectivity index (χ4v) is 2.43. The highest BCUT2D eigenvalue weighted by molar-refractivity contribution is 5.37. The van der Waals surface area contributed by atoms with E-state index in [1.807, 2.05) is 24.3 Å². The Morgan fingerprint density at radius 1 is 1.21 bits per heavy atom. The first kappa shape index (κ1) is 12.1. The molecule has 0 spiro atoms. The van der Waals surface area contributed by atoms with E-state index in [4.69, 9.17) is 4.74 Å².